The predicted molar refractivity (Wildman–Crippen MR) is 65.5 cm³/mol. The van der Waals surface area contributed by atoms with Gasteiger partial charge in [0.25, 0.3) is 0 Å². The zero-order valence-corrected chi connectivity index (χ0v) is 11.5. The van der Waals surface area contributed by atoms with Crippen molar-refractivity contribution in [2.75, 3.05) is 5.75 Å². The lowest BCUT2D eigenvalue weighted by Crippen LogP contribution is -2.46. The first kappa shape index (κ1) is 16.3. The van der Waals surface area contributed by atoms with Crippen LogP contribution in [0.3, 0.4) is 0 Å². The Morgan fingerprint density at radius 2 is 2.05 bits per heavy atom. The van der Waals surface area contributed by atoms with Crippen LogP contribution in [0.15, 0.2) is 0 Å². The fourth-order valence-electron chi connectivity index (χ4n) is 2.12. The Balaban J connectivity index is 2.50. The van der Waals surface area contributed by atoms with Crippen LogP contribution in [0.1, 0.15) is 39.0 Å². The van der Waals surface area contributed by atoms with Gasteiger partial charge in [0.1, 0.15) is 6.04 Å². The van der Waals surface area contributed by atoms with Gasteiger partial charge < -0.3 is 5.11 Å². The van der Waals surface area contributed by atoms with Crippen molar-refractivity contribution >= 4 is 16.0 Å². The van der Waals surface area contributed by atoms with E-state index in [9.17, 15) is 22.0 Å². The van der Waals surface area contributed by atoms with Crippen molar-refractivity contribution in [3.8, 4) is 0 Å². The Hall–Kier alpha value is -0.760. The summed E-state index contributed by atoms with van der Waals surface area (Å²) in [4.78, 5) is 10.9. The second-order valence-corrected chi connectivity index (χ2v) is 6.86. The lowest BCUT2D eigenvalue weighted by Gasteiger charge is -2.34. The maximum absolute atomic E-state index is 12.6. The maximum Gasteiger partial charge on any atom is 0.321 e. The Labute approximate surface area is 111 Å². The molecule has 0 bridgehead atoms. The van der Waals surface area contributed by atoms with E-state index in [1.54, 1.807) is 0 Å². The fraction of sp³-hybridized carbons (Fsp3) is 0.909. The van der Waals surface area contributed by atoms with Crippen LogP contribution in [0.2, 0.25) is 0 Å². The number of rotatable bonds is 8. The molecule has 0 aromatic heterocycles. The second kappa shape index (κ2) is 6.13. The molecule has 2 N–H and O–H groups in total. The summed E-state index contributed by atoms with van der Waals surface area (Å²) < 4.78 is 50.7. The molecule has 1 fully saturated rings. The number of carboxylic acids is 1. The van der Waals surface area contributed by atoms with E-state index in [0.29, 0.717) is 6.42 Å². The summed E-state index contributed by atoms with van der Waals surface area (Å²) in [5.74, 6) is -5.03. The van der Waals surface area contributed by atoms with Crippen molar-refractivity contribution in [1.82, 2.24) is 4.72 Å². The topological polar surface area (TPSA) is 83.5 Å². The first-order valence-corrected chi connectivity index (χ1v) is 7.91. The number of aliphatic carboxylic acids is 1. The van der Waals surface area contributed by atoms with Crippen molar-refractivity contribution in [3.05, 3.63) is 0 Å². The molecule has 0 heterocycles. The number of hydrogen-bond acceptors (Lipinski definition) is 3. The summed E-state index contributed by atoms with van der Waals surface area (Å²) in [7, 11) is -3.83. The van der Waals surface area contributed by atoms with Crippen LogP contribution in [0.25, 0.3) is 0 Å². The molecule has 0 radical (unpaired) electrons. The maximum atomic E-state index is 12.6. The number of sulfonamides is 1. The zero-order chi connectivity index (χ0) is 14.7. The van der Waals surface area contributed by atoms with Crippen LogP contribution in [0, 0.1) is 5.92 Å². The van der Waals surface area contributed by atoms with E-state index >= 15 is 0 Å². The minimum absolute atomic E-state index is 0.200. The number of carbonyl (C=O) groups is 1. The van der Waals surface area contributed by atoms with Crippen molar-refractivity contribution in [1.29, 1.82) is 0 Å². The number of halogens is 2. The summed E-state index contributed by atoms with van der Waals surface area (Å²) >= 11 is 0. The summed E-state index contributed by atoms with van der Waals surface area (Å²) in [5.41, 5.74) is 0. The van der Waals surface area contributed by atoms with E-state index in [1.165, 1.54) is 0 Å². The van der Waals surface area contributed by atoms with Crippen LogP contribution >= 0.6 is 0 Å². The summed E-state index contributed by atoms with van der Waals surface area (Å²) in [5, 5.41) is 8.90. The smallest absolute Gasteiger partial charge is 0.321 e. The third-order valence-electron chi connectivity index (χ3n) is 3.10. The van der Waals surface area contributed by atoms with Crippen LogP contribution in [-0.4, -0.2) is 37.2 Å². The molecule has 0 aromatic rings. The van der Waals surface area contributed by atoms with E-state index < -0.39 is 52.5 Å². The standard InChI is InChI=1S/C11H19F2NO4S/c1-2-3-4-9(10(15)16)14-19(17,18)7-8-5-11(12,13)6-8/h8-9,14H,2-7H2,1H3,(H,15,16). The van der Waals surface area contributed by atoms with Gasteiger partial charge in [-0.2, -0.15) is 0 Å². The van der Waals surface area contributed by atoms with Crippen molar-refractivity contribution < 1.29 is 27.1 Å². The van der Waals surface area contributed by atoms with E-state index in [2.05, 4.69) is 4.72 Å². The minimum Gasteiger partial charge on any atom is -0.480 e. The first-order chi connectivity index (χ1) is 8.65. The molecule has 19 heavy (non-hydrogen) atoms. The molecule has 1 saturated carbocycles. The van der Waals surface area contributed by atoms with Gasteiger partial charge in [0.15, 0.2) is 0 Å². The molecular formula is C11H19F2NO4S. The molecule has 8 heteroatoms. The van der Waals surface area contributed by atoms with Crippen molar-refractivity contribution in [2.45, 2.75) is 51.0 Å². The number of carboxylic acid groups (broad SMARTS) is 1. The van der Waals surface area contributed by atoms with Gasteiger partial charge in [0.05, 0.1) is 5.75 Å². The molecule has 1 aliphatic rings. The Morgan fingerprint density at radius 1 is 1.47 bits per heavy atom. The highest BCUT2D eigenvalue weighted by atomic mass is 32.2. The van der Waals surface area contributed by atoms with Gasteiger partial charge in [-0.15, -0.1) is 0 Å². The molecule has 1 rings (SSSR count). The number of nitrogens with one attached hydrogen (secondary N) is 1. The number of unbranched alkanes of at least 4 members (excludes halogenated alkanes) is 1. The normalized spacial score (nSPS) is 20.8. The van der Waals surface area contributed by atoms with E-state index in [4.69, 9.17) is 5.11 Å². The van der Waals surface area contributed by atoms with Crippen LogP contribution in [-0.2, 0) is 14.8 Å². The molecule has 1 aliphatic carbocycles. The van der Waals surface area contributed by atoms with E-state index in [1.807, 2.05) is 6.92 Å². The largest absolute Gasteiger partial charge is 0.480 e. The fourth-order valence-corrected chi connectivity index (χ4v) is 3.72. The molecule has 5 nitrogen and oxygen atoms in total. The van der Waals surface area contributed by atoms with E-state index in [0.717, 1.165) is 6.42 Å². The summed E-state index contributed by atoms with van der Waals surface area (Å²) in [6, 6.07) is -1.18. The molecule has 112 valence electrons. The second-order valence-electron chi connectivity index (χ2n) is 5.06. The molecule has 0 spiro atoms. The van der Waals surface area contributed by atoms with Gasteiger partial charge in [0.2, 0.25) is 15.9 Å². The number of hydrogen-bond donors (Lipinski definition) is 2. The lowest BCUT2D eigenvalue weighted by molar-refractivity contribution is -0.139. The molecule has 0 saturated heterocycles. The highest BCUT2D eigenvalue weighted by molar-refractivity contribution is 7.89. The third kappa shape index (κ3) is 5.40. The van der Waals surface area contributed by atoms with Crippen molar-refractivity contribution in [2.24, 2.45) is 5.92 Å². The van der Waals surface area contributed by atoms with Crippen LogP contribution in [0.5, 0.6) is 0 Å². The third-order valence-corrected chi connectivity index (χ3v) is 4.65. The SMILES string of the molecule is CCCCC(NS(=O)(=O)CC1CC(F)(F)C1)C(=O)O. The highest BCUT2D eigenvalue weighted by Crippen LogP contribution is 2.42. The molecule has 1 atom stereocenters. The minimum atomic E-state index is -3.83. The Kier molecular flexibility index (Phi) is 5.26. The van der Waals surface area contributed by atoms with Crippen molar-refractivity contribution in [3.63, 3.8) is 0 Å². The lowest BCUT2D eigenvalue weighted by atomic mass is 9.83. The average Bonchev–Trinajstić information content (AvgIpc) is 2.20. The number of alkyl halides is 2. The van der Waals surface area contributed by atoms with Gasteiger partial charge in [-0.1, -0.05) is 19.8 Å². The van der Waals surface area contributed by atoms with E-state index in [-0.39, 0.29) is 6.42 Å². The monoisotopic (exact) mass is 299 g/mol. The average molecular weight is 299 g/mol. The highest BCUT2D eigenvalue weighted by Gasteiger charge is 2.46. The molecule has 0 amide bonds. The van der Waals surface area contributed by atoms with Gasteiger partial charge in [-0.05, 0) is 12.3 Å². The molecule has 1 unspecified atom stereocenters. The van der Waals surface area contributed by atoms with Gasteiger partial charge >= 0.3 is 5.97 Å². The zero-order valence-electron chi connectivity index (χ0n) is 10.7. The quantitative estimate of drug-likeness (QED) is 0.713. The molecular weight excluding hydrogens is 280 g/mol. The summed E-state index contributed by atoms with van der Waals surface area (Å²) in [6.45, 7) is 1.86. The van der Waals surface area contributed by atoms with Crippen LogP contribution in [0.4, 0.5) is 8.78 Å². The van der Waals surface area contributed by atoms with Crippen LogP contribution < -0.4 is 4.72 Å². The van der Waals surface area contributed by atoms with Gasteiger partial charge in [0, 0.05) is 12.8 Å². The first-order valence-electron chi connectivity index (χ1n) is 6.26. The predicted octanol–water partition coefficient (Wildman–Crippen LogP) is 1.59. The van der Waals surface area contributed by atoms with Gasteiger partial charge in [-0.25, -0.2) is 21.9 Å². The summed E-state index contributed by atoms with van der Waals surface area (Å²) in [6.07, 6.45) is 0.647. The Morgan fingerprint density at radius 3 is 2.47 bits per heavy atom. The molecule has 0 aromatic carbocycles. The Bertz CT molecular complexity index is 416. The molecule has 0 aliphatic heterocycles. The van der Waals surface area contributed by atoms with Gasteiger partial charge in [-0.3, -0.25) is 4.79 Å².